The molecule has 0 spiro atoms. The summed E-state index contributed by atoms with van der Waals surface area (Å²) >= 11 is 2.34. The van der Waals surface area contributed by atoms with Crippen LogP contribution in [-0.2, 0) is 16.5 Å². The molecule has 0 aliphatic carbocycles. The zero-order valence-electron chi connectivity index (χ0n) is 11.4. The molecule has 0 aliphatic heterocycles. The zero-order chi connectivity index (χ0) is 14.5. The van der Waals surface area contributed by atoms with Crippen LogP contribution in [0.2, 0.25) is 0 Å². The maximum absolute atomic E-state index is 10.6. The van der Waals surface area contributed by atoms with Crippen LogP contribution < -0.4 is 0 Å². The van der Waals surface area contributed by atoms with Gasteiger partial charge in [-0.3, -0.25) is 4.55 Å². The summed E-state index contributed by atoms with van der Waals surface area (Å²) in [6.45, 7) is 4.40. The Hall–Kier alpha value is -0.140. The summed E-state index contributed by atoms with van der Waals surface area (Å²) in [5.41, 5.74) is 1.48. The number of benzene rings is 1. The van der Waals surface area contributed by atoms with Gasteiger partial charge in [0.1, 0.15) is 0 Å². The molecule has 0 heterocycles. The van der Waals surface area contributed by atoms with Crippen LogP contribution in [0.1, 0.15) is 38.7 Å². The van der Waals surface area contributed by atoms with E-state index in [1.165, 1.54) is 9.13 Å². The summed E-state index contributed by atoms with van der Waals surface area (Å²) in [5, 5.41) is 0. The molecule has 0 unspecified atom stereocenters. The Morgan fingerprint density at radius 3 is 2.42 bits per heavy atom. The Bertz CT molecular complexity index is 509. The summed E-state index contributed by atoms with van der Waals surface area (Å²) in [6, 6.07) is 8.32. The number of unbranched alkanes of at least 4 members (excludes halogenated alkanes) is 1. The largest absolute Gasteiger partial charge is 0.286 e. The van der Waals surface area contributed by atoms with Crippen molar-refractivity contribution >= 4 is 32.7 Å². The number of hydrogen-bond donors (Lipinski definition) is 1. The molecule has 0 fully saturated rings. The third-order valence-corrected chi connectivity index (χ3v) is 4.99. The monoisotopic (exact) mass is 396 g/mol. The topological polar surface area (TPSA) is 54.4 Å². The Balaban J connectivity index is 2.46. The molecule has 5 heteroatoms. The highest BCUT2D eigenvalue weighted by molar-refractivity contribution is 14.1. The molecule has 1 aromatic carbocycles. The third kappa shape index (κ3) is 7.27. The lowest BCUT2D eigenvalue weighted by Crippen LogP contribution is -2.16. The molecule has 19 heavy (non-hydrogen) atoms. The van der Waals surface area contributed by atoms with Crippen LogP contribution in [0.3, 0.4) is 0 Å². The van der Waals surface area contributed by atoms with E-state index >= 15 is 0 Å². The molecule has 0 saturated carbocycles. The van der Waals surface area contributed by atoms with Crippen molar-refractivity contribution in [3.63, 3.8) is 0 Å². The van der Waals surface area contributed by atoms with Crippen LogP contribution in [0.15, 0.2) is 24.3 Å². The molecule has 0 atom stereocenters. The Kier molecular flexibility index (Phi) is 6.26. The van der Waals surface area contributed by atoms with E-state index < -0.39 is 10.1 Å². The van der Waals surface area contributed by atoms with Gasteiger partial charge in [-0.1, -0.05) is 38.5 Å². The second-order valence-electron chi connectivity index (χ2n) is 5.68. The van der Waals surface area contributed by atoms with Crippen molar-refractivity contribution in [2.75, 3.05) is 5.75 Å². The molecule has 0 aliphatic rings. The van der Waals surface area contributed by atoms with Crippen LogP contribution in [0, 0.1) is 8.99 Å². The van der Waals surface area contributed by atoms with Gasteiger partial charge in [0, 0.05) is 3.57 Å². The molecule has 0 saturated heterocycles. The van der Waals surface area contributed by atoms with Crippen LogP contribution in [0.25, 0.3) is 0 Å². The third-order valence-electron chi connectivity index (χ3n) is 3.13. The van der Waals surface area contributed by atoms with Gasteiger partial charge in [-0.05, 0) is 58.9 Å². The molecule has 108 valence electrons. The zero-order valence-corrected chi connectivity index (χ0v) is 14.4. The normalized spacial score (nSPS) is 12.6. The summed E-state index contributed by atoms with van der Waals surface area (Å²) in [6.07, 6.45) is 3.27. The van der Waals surface area contributed by atoms with Crippen molar-refractivity contribution in [2.45, 2.75) is 39.5 Å². The predicted octanol–water partition coefficient (Wildman–Crippen LogP) is 3.92. The minimum absolute atomic E-state index is 0.133. The van der Waals surface area contributed by atoms with Gasteiger partial charge in [-0.25, -0.2) is 0 Å². The van der Waals surface area contributed by atoms with Crippen LogP contribution in [0.4, 0.5) is 0 Å². The molecular formula is C14H21IO3S. The van der Waals surface area contributed by atoms with E-state index in [1.54, 1.807) is 0 Å². The smallest absolute Gasteiger partial charge is 0.264 e. The fourth-order valence-electron chi connectivity index (χ4n) is 2.13. The molecular weight excluding hydrogens is 375 g/mol. The van der Waals surface area contributed by atoms with Crippen molar-refractivity contribution in [3.8, 4) is 0 Å². The second kappa shape index (κ2) is 7.04. The molecule has 1 aromatic rings. The van der Waals surface area contributed by atoms with Gasteiger partial charge in [0.05, 0.1) is 5.75 Å². The van der Waals surface area contributed by atoms with Crippen molar-refractivity contribution in [1.29, 1.82) is 0 Å². The molecule has 0 aromatic heterocycles. The van der Waals surface area contributed by atoms with Crippen molar-refractivity contribution in [1.82, 2.24) is 0 Å². The van der Waals surface area contributed by atoms with Gasteiger partial charge in [0.15, 0.2) is 0 Å². The van der Waals surface area contributed by atoms with Crippen molar-refractivity contribution in [3.05, 3.63) is 33.4 Å². The first-order valence-corrected chi connectivity index (χ1v) is 9.07. The summed E-state index contributed by atoms with van der Waals surface area (Å²) in [5.74, 6) is -0.133. The minimum atomic E-state index is -3.81. The fourth-order valence-corrected chi connectivity index (χ4v) is 3.28. The second-order valence-corrected chi connectivity index (χ2v) is 8.41. The SMILES string of the molecule is CC(C)(CCCCS(=O)(=O)O)Cc1ccccc1I. The lowest BCUT2D eigenvalue weighted by molar-refractivity contribution is 0.320. The Morgan fingerprint density at radius 1 is 1.21 bits per heavy atom. The van der Waals surface area contributed by atoms with Gasteiger partial charge < -0.3 is 0 Å². The van der Waals surface area contributed by atoms with E-state index in [1.807, 2.05) is 12.1 Å². The predicted molar refractivity (Wildman–Crippen MR) is 86.9 cm³/mol. The van der Waals surface area contributed by atoms with Crippen LogP contribution in [0.5, 0.6) is 0 Å². The highest BCUT2D eigenvalue weighted by Crippen LogP contribution is 2.29. The minimum Gasteiger partial charge on any atom is -0.286 e. The average molecular weight is 396 g/mol. The molecule has 0 bridgehead atoms. The van der Waals surface area contributed by atoms with Crippen LogP contribution >= 0.6 is 22.6 Å². The van der Waals surface area contributed by atoms with E-state index in [-0.39, 0.29) is 11.2 Å². The summed E-state index contributed by atoms with van der Waals surface area (Å²) in [7, 11) is -3.81. The Morgan fingerprint density at radius 2 is 1.84 bits per heavy atom. The van der Waals surface area contributed by atoms with Gasteiger partial charge in [0.2, 0.25) is 0 Å². The van der Waals surface area contributed by atoms with E-state index in [2.05, 4.69) is 48.6 Å². The lowest BCUT2D eigenvalue weighted by Gasteiger charge is -2.25. The molecule has 1 rings (SSSR count). The molecule has 0 amide bonds. The molecule has 1 N–H and O–H groups in total. The standard InChI is InChI=1S/C14H21IO3S/c1-14(2,9-5-6-10-19(16,17)18)11-12-7-3-4-8-13(12)15/h3-4,7-8H,5-6,9-11H2,1-2H3,(H,16,17,18). The van der Waals surface area contributed by atoms with Crippen molar-refractivity contribution < 1.29 is 13.0 Å². The van der Waals surface area contributed by atoms with Crippen LogP contribution in [-0.4, -0.2) is 18.7 Å². The van der Waals surface area contributed by atoms with Gasteiger partial charge in [-0.2, -0.15) is 8.42 Å². The van der Waals surface area contributed by atoms with E-state index in [0.717, 1.165) is 19.3 Å². The fraction of sp³-hybridized carbons (Fsp3) is 0.571. The van der Waals surface area contributed by atoms with Gasteiger partial charge in [-0.15, -0.1) is 0 Å². The summed E-state index contributed by atoms with van der Waals surface area (Å²) < 4.78 is 31.3. The maximum Gasteiger partial charge on any atom is 0.264 e. The number of halogens is 1. The first kappa shape index (κ1) is 16.9. The first-order chi connectivity index (χ1) is 8.70. The van der Waals surface area contributed by atoms with E-state index in [4.69, 9.17) is 4.55 Å². The number of hydrogen-bond acceptors (Lipinski definition) is 2. The Labute approximate surface area is 129 Å². The first-order valence-electron chi connectivity index (χ1n) is 6.38. The number of rotatable bonds is 7. The molecule has 0 radical (unpaired) electrons. The van der Waals surface area contributed by atoms with Gasteiger partial charge >= 0.3 is 0 Å². The average Bonchev–Trinajstić information content (AvgIpc) is 2.26. The van der Waals surface area contributed by atoms with E-state index in [0.29, 0.717) is 6.42 Å². The van der Waals surface area contributed by atoms with E-state index in [9.17, 15) is 8.42 Å². The maximum atomic E-state index is 10.6. The van der Waals surface area contributed by atoms with Crippen molar-refractivity contribution in [2.24, 2.45) is 5.41 Å². The lowest BCUT2D eigenvalue weighted by atomic mass is 9.81. The highest BCUT2D eigenvalue weighted by Gasteiger charge is 2.19. The molecule has 3 nitrogen and oxygen atoms in total. The highest BCUT2D eigenvalue weighted by atomic mass is 127. The van der Waals surface area contributed by atoms with Gasteiger partial charge in [0.25, 0.3) is 10.1 Å². The summed E-state index contributed by atoms with van der Waals surface area (Å²) in [4.78, 5) is 0. The quantitative estimate of drug-likeness (QED) is 0.432.